The highest BCUT2D eigenvalue weighted by Gasteiger charge is 2.33. The minimum absolute atomic E-state index is 0.102. The topological polar surface area (TPSA) is 66.8 Å². The molecule has 0 aromatic heterocycles. The zero-order valence-corrected chi connectivity index (χ0v) is 21.9. The number of allylic oxidation sites excluding steroid dienone is 6. The summed E-state index contributed by atoms with van der Waals surface area (Å²) >= 11 is 0. The highest BCUT2D eigenvalue weighted by molar-refractivity contribution is 6.04. The Bertz CT molecular complexity index is 876. The number of carbonyl (C=O) groups excluding carboxylic acids is 2. The van der Waals surface area contributed by atoms with Gasteiger partial charge in [-0.05, 0) is 103 Å². The highest BCUT2D eigenvalue weighted by atomic mass is 16.6. The Labute approximate surface area is 205 Å². The van der Waals surface area contributed by atoms with Gasteiger partial charge in [0.15, 0.2) is 11.9 Å². The number of rotatable bonds is 7. The van der Waals surface area contributed by atoms with Crippen LogP contribution in [0.2, 0.25) is 0 Å². The largest absolute Gasteiger partial charge is 0.452 e. The lowest BCUT2D eigenvalue weighted by atomic mass is 9.80. The summed E-state index contributed by atoms with van der Waals surface area (Å²) < 4.78 is 5.64. The van der Waals surface area contributed by atoms with Crippen LogP contribution in [0.15, 0.2) is 59.3 Å². The van der Waals surface area contributed by atoms with Crippen molar-refractivity contribution in [3.63, 3.8) is 0 Å². The van der Waals surface area contributed by atoms with E-state index >= 15 is 0 Å². The molecule has 0 aromatic carbocycles. The van der Waals surface area contributed by atoms with Gasteiger partial charge in [0.2, 0.25) is 0 Å². The van der Waals surface area contributed by atoms with E-state index in [-0.39, 0.29) is 11.2 Å². The Kier molecular flexibility index (Phi) is 10.3. The Morgan fingerprint density at radius 1 is 1.15 bits per heavy atom. The van der Waals surface area contributed by atoms with Crippen LogP contribution in [-0.2, 0) is 14.3 Å². The number of carbonyl (C=O) groups is 2. The Morgan fingerprint density at radius 3 is 2.44 bits per heavy atom. The number of hydrogen-bond acceptors (Lipinski definition) is 5. The van der Waals surface area contributed by atoms with Crippen molar-refractivity contribution < 1.29 is 19.4 Å². The molecule has 5 heteroatoms. The third-order valence-corrected chi connectivity index (χ3v) is 6.46. The molecular formula is C29H43NO4. The number of likely N-dealkylation sites (tertiary alicyclic amines) is 1. The van der Waals surface area contributed by atoms with Crippen molar-refractivity contribution in [2.75, 3.05) is 19.6 Å². The molecule has 2 aliphatic rings. The zero-order valence-electron chi connectivity index (χ0n) is 21.9. The van der Waals surface area contributed by atoms with Gasteiger partial charge in [-0.3, -0.25) is 9.69 Å². The van der Waals surface area contributed by atoms with Gasteiger partial charge in [0.1, 0.15) is 5.60 Å². The summed E-state index contributed by atoms with van der Waals surface area (Å²) in [5.74, 6) is -0.612. The summed E-state index contributed by atoms with van der Waals surface area (Å²) in [7, 11) is 0. The van der Waals surface area contributed by atoms with Crippen LogP contribution in [0.4, 0.5) is 0 Å². The van der Waals surface area contributed by atoms with Gasteiger partial charge in [-0.25, -0.2) is 4.79 Å². The van der Waals surface area contributed by atoms with Crippen LogP contribution in [0.25, 0.3) is 0 Å². The molecule has 1 heterocycles. The average molecular weight is 470 g/mol. The smallest absolute Gasteiger partial charge is 0.331 e. The molecule has 0 bridgehead atoms. The molecular weight excluding hydrogens is 426 g/mol. The van der Waals surface area contributed by atoms with Gasteiger partial charge in [0.05, 0.1) is 0 Å². The predicted octanol–water partition coefficient (Wildman–Crippen LogP) is 5.48. The van der Waals surface area contributed by atoms with Crippen LogP contribution >= 0.6 is 0 Å². The fourth-order valence-electron chi connectivity index (χ4n) is 4.24. The molecule has 0 aromatic rings. The van der Waals surface area contributed by atoms with Crippen molar-refractivity contribution in [2.24, 2.45) is 5.41 Å². The Balaban J connectivity index is 2.43. The fraction of sp³-hybridized carbons (Fsp3) is 0.586. The standard InChI is InChI=1S/C29H43NO4/c1-22(2)10-9-14-28(5)15-11-24(21-30-18-7-8-19-30)25(31)12-17-29(6,33)26(13-16-28)34-27(32)20-23(3)4/h10-13,16-17,20,26,33H,7-9,14-15,18-19,21H2,1-6H3/b16-13?,17-12+,24-11-/t26-,28+,29-/m1/s1. The summed E-state index contributed by atoms with van der Waals surface area (Å²) in [4.78, 5) is 27.9. The van der Waals surface area contributed by atoms with Crippen molar-refractivity contribution >= 4 is 11.8 Å². The van der Waals surface area contributed by atoms with Crippen LogP contribution in [0, 0.1) is 5.41 Å². The maximum Gasteiger partial charge on any atom is 0.331 e. The third kappa shape index (κ3) is 9.19. The lowest BCUT2D eigenvalue weighted by molar-refractivity contribution is -0.148. The fourth-order valence-corrected chi connectivity index (χ4v) is 4.24. The molecule has 188 valence electrons. The molecule has 0 spiro atoms. The maximum absolute atomic E-state index is 13.2. The number of ketones is 1. The lowest BCUT2D eigenvalue weighted by Crippen LogP contribution is -2.39. The van der Waals surface area contributed by atoms with Crippen LogP contribution < -0.4 is 0 Å². The van der Waals surface area contributed by atoms with Gasteiger partial charge in [0, 0.05) is 18.2 Å². The van der Waals surface area contributed by atoms with E-state index in [0.29, 0.717) is 13.0 Å². The van der Waals surface area contributed by atoms with E-state index in [1.165, 1.54) is 23.8 Å². The molecule has 0 amide bonds. The number of aliphatic hydroxyl groups is 1. The molecule has 0 unspecified atom stereocenters. The summed E-state index contributed by atoms with van der Waals surface area (Å²) in [6, 6.07) is 0. The van der Waals surface area contributed by atoms with Crippen molar-refractivity contribution in [2.45, 2.75) is 85.4 Å². The molecule has 34 heavy (non-hydrogen) atoms. The molecule has 0 saturated carbocycles. The Morgan fingerprint density at radius 2 is 1.82 bits per heavy atom. The second-order valence-electron chi connectivity index (χ2n) is 10.8. The monoisotopic (exact) mass is 469 g/mol. The molecule has 5 nitrogen and oxygen atoms in total. The third-order valence-electron chi connectivity index (χ3n) is 6.46. The first-order valence-electron chi connectivity index (χ1n) is 12.5. The van der Waals surface area contributed by atoms with E-state index in [1.54, 1.807) is 13.0 Å². The van der Waals surface area contributed by atoms with Gasteiger partial charge in [-0.15, -0.1) is 0 Å². The summed E-state index contributed by atoms with van der Waals surface area (Å²) in [5, 5.41) is 11.2. The Hall–Kier alpha value is -2.24. The molecule has 1 fully saturated rings. The lowest BCUT2D eigenvalue weighted by Gasteiger charge is -2.29. The first-order valence-corrected chi connectivity index (χ1v) is 12.5. The van der Waals surface area contributed by atoms with E-state index in [4.69, 9.17) is 4.74 Å². The maximum atomic E-state index is 13.2. The quantitative estimate of drug-likeness (QED) is 0.304. The van der Waals surface area contributed by atoms with Crippen LogP contribution in [0.1, 0.15) is 73.6 Å². The first-order chi connectivity index (χ1) is 15.9. The van der Waals surface area contributed by atoms with Gasteiger partial charge < -0.3 is 9.84 Å². The SMILES string of the molecule is CC(C)=CCC[C@]1(C)C=C[C@@H](OC(=O)C=C(C)C)[C@](C)(O)/C=C/C(=O)/C(CN2CCCC2)=C\C1. The second-order valence-corrected chi connectivity index (χ2v) is 10.8. The number of nitrogens with zero attached hydrogens (tertiary/aromatic N) is 1. The van der Waals surface area contributed by atoms with Gasteiger partial charge in [-0.2, -0.15) is 0 Å². The second kappa shape index (κ2) is 12.5. The minimum Gasteiger partial charge on any atom is -0.452 e. The van der Waals surface area contributed by atoms with Crippen LogP contribution in [0.3, 0.4) is 0 Å². The summed E-state index contributed by atoms with van der Waals surface area (Å²) in [6.45, 7) is 14.2. The molecule has 0 radical (unpaired) electrons. The average Bonchev–Trinajstić information content (AvgIpc) is 3.24. The summed E-state index contributed by atoms with van der Waals surface area (Å²) in [6.07, 6.45) is 16.3. The number of esters is 1. The first kappa shape index (κ1) is 28.0. The van der Waals surface area contributed by atoms with Crippen LogP contribution in [-0.4, -0.2) is 53.1 Å². The van der Waals surface area contributed by atoms with Gasteiger partial charge in [0.25, 0.3) is 0 Å². The number of ether oxygens (including phenoxy) is 1. The van der Waals surface area contributed by atoms with Crippen molar-refractivity contribution in [3.8, 4) is 0 Å². The van der Waals surface area contributed by atoms with Crippen molar-refractivity contribution in [1.82, 2.24) is 4.90 Å². The van der Waals surface area contributed by atoms with E-state index in [0.717, 1.165) is 49.9 Å². The molecule has 1 aliphatic heterocycles. The van der Waals surface area contributed by atoms with E-state index < -0.39 is 17.7 Å². The van der Waals surface area contributed by atoms with E-state index in [2.05, 4.69) is 37.8 Å². The number of hydrogen-bond donors (Lipinski definition) is 1. The predicted molar refractivity (Wildman–Crippen MR) is 138 cm³/mol. The van der Waals surface area contributed by atoms with Gasteiger partial charge >= 0.3 is 5.97 Å². The normalized spacial score (nSPS) is 30.6. The molecule has 2 rings (SSSR count). The van der Waals surface area contributed by atoms with E-state index in [1.807, 2.05) is 19.9 Å². The van der Waals surface area contributed by atoms with E-state index in [9.17, 15) is 14.7 Å². The van der Waals surface area contributed by atoms with Crippen LogP contribution in [0.5, 0.6) is 0 Å². The molecule has 1 aliphatic carbocycles. The zero-order chi connectivity index (χ0) is 25.4. The highest BCUT2D eigenvalue weighted by Crippen LogP contribution is 2.33. The van der Waals surface area contributed by atoms with Crippen molar-refractivity contribution in [1.29, 1.82) is 0 Å². The minimum atomic E-state index is -1.53. The molecule has 1 N–H and O–H groups in total. The molecule has 3 atom stereocenters. The summed E-state index contributed by atoms with van der Waals surface area (Å²) in [5.41, 5.74) is 1.06. The van der Waals surface area contributed by atoms with Gasteiger partial charge in [-0.1, -0.05) is 36.3 Å². The van der Waals surface area contributed by atoms with Crippen molar-refractivity contribution in [3.05, 3.63) is 59.3 Å². The molecule has 1 saturated heterocycles.